The lowest BCUT2D eigenvalue weighted by atomic mass is 10.1. The molecular formula is C11H16N4O6. The molecule has 1 atom stereocenters. The van der Waals surface area contributed by atoms with Crippen LogP contribution in [0.15, 0.2) is 10.9 Å². The Morgan fingerprint density at radius 3 is 2.67 bits per heavy atom. The summed E-state index contributed by atoms with van der Waals surface area (Å²) in [6, 6.07) is -1.79. The molecule has 0 unspecified atom stereocenters. The SMILES string of the molecule is O=C(O)CCC[C@@H](NC(=O)NCCc1ncno1)C(=O)O. The second-order valence-electron chi connectivity index (χ2n) is 4.16. The van der Waals surface area contributed by atoms with Crippen LogP contribution in [-0.2, 0) is 16.0 Å². The normalized spacial score (nSPS) is 11.6. The van der Waals surface area contributed by atoms with E-state index >= 15 is 0 Å². The first-order valence-corrected chi connectivity index (χ1v) is 6.23. The zero-order valence-electron chi connectivity index (χ0n) is 11.1. The lowest BCUT2D eigenvalue weighted by Crippen LogP contribution is -2.46. The van der Waals surface area contributed by atoms with E-state index in [1.165, 1.54) is 6.33 Å². The van der Waals surface area contributed by atoms with Crippen molar-refractivity contribution in [2.24, 2.45) is 0 Å². The van der Waals surface area contributed by atoms with E-state index in [0.717, 1.165) is 0 Å². The van der Waals surface area contributed by atoms with Crippen molar-refractivity contribution in [1.82, 2.24) is 20.8 Å². The van der Waals surface area contributed by atoms with E-state index in [2.05, 4.69) is 20.8 Å². The topological polar surface area (TPSA) is 155 Å². The van der Waals surface area contributed by atoms with Crippen molar-refractivity contribution < 1.29 is 29.1 Å². The molecule has 2 amide bonds. The highest BCUT2D eigenvalue weighted by Crippen LogP contribution is 2.01. The maximum Gasteiger partial charge on any atom is 0.326 e. The van der Waals surface area contributed by atoms with Gasteiger partial charge in [-0.25, -0.2) is 9.59 Å². The average molecular weight is 300 g/mol. The zero-order chi connectivity index (χ0) is 15.7. The van der Waals surface area contributed by atoms with Crippen LogP contribution in [-0.4, -0.2) is 50.9 Å². The van der Waals surface area contributed by atoms with Gasteiger partial charge < -0.3 is 25.4 Å². The van der Waals surface area contributed by atoms with E-state index in [4.69, 9.17) is 14.7 Å². The fourth-order valence-corrected chi connectivity index (χ4v) is 1.51. The number of aliphatic carboxylic acids is 2. The number of carboxylic acid groups (broad SMARTS) is 2. The molecule has 0 aromatic carbocycles. The first kappa shape index (κ1) is 16.4. The minimum absolute atomic E-state index is 0.0404. The second-order valence-corrected chi connectivity index (χ2v) is 4.16. The Labute approximate surface area is 119 Å². The summed E-state index contributed by atoms with van der Waals surface area (Å²) >= 11 is 0. The van der Waals surface area contributed by atoms with Crippen LogP contribution in [0.25, 0.3) is 0 Å². The Balaban J connectivity index is 2.27. The number of carbonyl (C=O) groups excluding carboxylic acids is 1. The summed E-state index contributed by atoms with van der Waals surface area (Å²) in [4.78, 5) is 36.6. The highest BCUT2D eigenvalue weighted by molar-refractivity contribution is 5.82. The minimum Gasteiger partial charge on any atom is -0.481 e. The van der Waals surface area contributed by atoms with Crippen molar-refractivity contribution in [2.45, 2.75) is 31.7 Å². The molecule has 0 spiro atoms. The number of amides is 2. The van der Waals surface area contributed by atoms with Gasteiger partial charge in [-0.15, -0.1) is 0 Å². The van der Waals surface area contributed by atoms with Gasteiger partial charge in [-0.3, -0.25) is 4.79 Å². The maximum absolute atomic E-state index is 11.5. The summed E-state index contributed by atoms with van der Waals surface area (Å²) in [5, 5.41) is 25.5. The number of nitrogens with one attached hydrogen (secondary N) is 2. The maximum atomic E-state index is 11.5. The van der Waals surface area contributed by atoms with E-state index < -0.39 is 24.0 Å². The number of rotatable bonds is 9. The molecule has 0 aliphatic carbocycles. The quantitative estimate of drug-likeness (QED) is 0.481. The number of carbonyl (C=O) groups is 3. The molecule has 0 aliphatic heterocycles. The van der Waals surface area contributed by atoms with Crippen LogP contribution in [0, 0.1) is 0 Å². The number of urea groups is 1. The molecule has 10 nitrogen and oxygen atoms in total. The molecule has 0 saturated heterocycles. The van der Waals surface area contributed by atoms with Crippen LogP contribution in [0.2, 0.25) is 0 Å². The van der Waals surface area contributed by atoms with Gasteiger partial charge in [0.05, 0.1) is 0 Å². The van der Waals surface area contributed by atoms with Crippen molar-refractivity contribution in [3.63, 3.8) is 0 Å². The molecule has 116 valence electrons. The largest absolute Gasteiger partial charge is 0.481 e. The van der Waals surface area contributed by atoms with Gasteiger partial charge in [-0.1, -0.05) is 5.16 Å². The van der Waals surface area contributed by atoms with Gasteiger partial charge >= 0.3 is 18.0 Å². The Morgan fingerprint density at radius 2 is 2.10 bits per heavy atom. The molecule has 1 aromatic heterocycles. The summed E-state index contributed by atoms with van der Waals surface area (Å²) < 4.78 is 4.73. The summed E-state index contributed by atoms with van der Waals surface area (Å²) in [5.41, 5.74) is 0. The van der Waals surface area contributed by atoms with Crippen LogP contribution in [0.5, 0.6) is 0 Å². The Hall–Kier alpha value is -2.65. The van der Waals surface area contributed by atoms with Crippen molar-refractivity contribution in [3.8, 4) is 0 Å². The molecule has 1 heterocycles. The molecule has 0 saturated carbocycles. The van der Waals surface area contributed by atoms with Gasteiger partial charge in [0.2, 0.25) is 5.89 Å². The molecule has 1 aromatic rings. The summed E-state index contributed by atoms with van der Waals surface area (Å²) in [6.45, 7) is 0.204. The molecule has 0 bridgehead atoms. The average Bonchev–Trinajstić information content (AvgIpc) is 2.90. The van der Waals surface area contributed by atoms with Gasteiger partial charge in [-0.2, -0.15) is 4.98 Å². The van der Waals surface area contributed by atoms with Gasteiger partial charge in [-0.05, 0) is 12.8 Å². The van der Waals surface area contributed by atoms with E-state index in [1.807, 2.05) is 0 Å². The predicted octanol–water partition coefficient (Wildman–Crippen LogP) is -0.381. The van der Waals surface area contributed by atoms with Crippen LogP contribution < -0.4 is 10.6 Å². The van der Waals surface area contributed by atoms with E-state index in [1.54, 1.807) is 0 Å². The predicted molar refractivity (Wildman–Crippen MR) is 67.4 cm³/mol. The molecule has 0 aliphatic rings. The summed E-state index contributed by atoms with van der Waals surface area (Å²) in [6.07, 6.45) is 1.61. The Morgan fingerprint density at radius 1 is 1.33 bits per heavy atom. The van der Waals surface area contributed by atoms with Crippen molar-refractivity contribution >= 4 is 18.0 Å². The third-order valence-corrected chi connectivity index (χ3v) is 2.52. The molecular weight excluding hydrogens is 284 g/mol. The highest BCUT2D eigenvalue weighted by atomic mass is 16.5. The Bertz CT molecular complexity index is 475. The van der Waals surface area contributed by atoms with Crippen LogP contribution in [0.1, 0.15) is 25.2 Å². The third-order valence-electron chi connectivity index (χ3n) is 2.52. The van der Waals surface area contributed by atoms with Crippen molar-refractivity contribution in [1.29, 1.82) is 0 Å². The van der Waals surface area contributed by atoms with E-state index in [-0.39, 0.29) is 25.8 Å². The van der Waals surface area contributed by atoms with Gasteiger partial charge in [0.15, 0.2) is 6.33 Å². The van der Waals surface area contributed by atoms with Crippen molar-refractivity contribution in [2.75, 3.05) is 6.54 Å². The van der Waals surface area contributed by atoms with Crippen LogP contribution in [0.4, 0.5) is 4.79 Å². The molecule has 0 fully saturated rings. The fourth-order valence-electron chi connectivity index (χ4n) is 1.51. The molecule has 0 radical (unpaired) electrons. The lowest BCUT2D eigenvalue weighted by molar-refractivity contribution is -0.140. The second kappa shape index (κ2) is 8.51. The monoisotopic (exact) mass is 300 g/mol. The van der Waals surface area contributed by atoms with E-state index in [0.29, 0.717) is 12.3 Å². The zero-order valence-corrected chi connectivity index (χ0v) is 11.1. The smallest absolute Gasteiger partial charge is 0.326 e. The minimum atomic E-state index is -1.22. The molecule has 1 rings (SSSR count). The van der Waals surface area contributed by atoms with Crippen LogP contribution in [0.3, 0.4) is 0 Å². The van der Waals surface area contributed by atoms with Crippen LogP contribution >= 0.6 is 0 Å². The first-order chi connectivity index (χ1) is 9.99. The third kappa shape index (κ3) is 6.89. The van der Waals surface area contributed by atoms with Crippen molar-refractivity contribution in [3.05, 3.63) is 12.2 Å². The number of nitrogens with zero attached hydrogens (tertiary/aromatic N) is 2. The first-order valence-electron chi connectivity index (χ1n) is 6.23. The Kier molecular flexibility index (Phi) is 6.65. The molecule has 4 N–H and O–H groups in total. The van der Waals surface area contributed by atoms with Gasteiger partial charge in [0, 0.05) is 19.4 Å². The number of aromatic nitrogens is 2. The van der Waals surface area contributed by atoms with Gasteiger partial charge in [0.25, 0.3) is 0 Å². The number of hydrogen-bond acceptors (Lipinski definition) is 6. The lowest BCUT2D eigenvalue weighted by Gasteiger charge is -2.14. The highest BCUT2D eigenvalue weighted by Gasteiger charge is 2.19. The fraction of sp³-hybridized carbons (Fsp3) is 0.545. The summed E-state index contributed by atoms with van der Waals surface area (Å²) in [7, 11) is 0. The standard InChI is InChI=1S/C11H16N4O6/c16-9(17)3-1-2-7(10(18)19)15-11(20)12-5-4-8-13-6-14-21-8/h6-7H,1-5H2,(H,16,17)(H,18,19)(H2,12,15,20)/t7-/m1/s1. The number of hydrogen-bond donors (Lipinski definition) is 4. The molecule has 21 heavy (non-hydrogen) atoms. The van der Waals surface area contributed by atoms with E-state index in [9.17, 15) is 14.4 Å². The van der Waals surface area contributed by atoms with Gasteiger partial charge in [0.1, 0.15) is 6.04 Å². The summed E-state index contributed by atoms with van der Waals surface area (Å²) in [5.74, 6) is -1.87. The number of carboxylic acids is 2. The molecule has 10 heteroatoms.